The number of likely N-dealkylation sites (tertiary alicyclic amines) is 1. The molecule has 3 heteroatoms. The maximum Gasteiger partial charge on any atom is 0.147 e. The molecule has 0 radical (unpaired) electrons. The Kier molecular flexibility index (Phi) is 2.40. The average Bonchev–Trinajstić information content (AvgIpc) is 2.92. The lowest BCUT2D eigenvalue weighted by atomic mass is 10.1. The van der Waals surface area contributed by atoms with Gasteiger partial charge in [0, 0.05) is 13.1 Å². The summed E-state index contributed by atoms with van der Waals surface area (Å²) in [6.45, 7) is 2.18. The molecule has 1 unspecified atom stereocenters. The van der Waals surface area contributed by atoms with Gasteiger partial charge in [-0.15, -0.1) is 4.91 Å². The van der Waals surface area contributed by atoms with Crippen LogP contribution in [0.1, 0.15) is 32.1 Å². The Morgan fingerprint density at radius 3 is 2.33 bits per heavy atom. The van der Waals surface area contributed by atoms with E-state index in [2.05, 4.69) is 10.1 Å². The topological polar surface area (TPSA) is 32.7 Å². The lowest BCUT2D eigenvalue weighted by Gasteiger charge is -2.30. The molecule has 0 aromatic carbocycles. The number of piperidine rings is 1. The van der Waals surface area contributed by atoms with Gasteiger partial charge in [0.05, 0.1) is 0 Å². The molecule has 2 rings (SSSR count). The van der Waals surface area contributed by atoms with Gasteiger partial charge in [-0.3, -0.25) is 4.90 Å². The minimum atomic E-state index is 0.0188. The van der Waals surface area contributed by atoms with Crippen molar-refractivity contribution in [3.8, 4) is 0 Å². The molecule has 0 spiro atoms. The van der Waals surface area contributed by atoms with E-state index in [-0.39, 0.29) is 6.17 Å². The van der Waals surface area contributed by atoms with Gasteiger partial charge in [-0.05, 0) is 31.6 Å². The second-order valence-corrected chi connectivity index (χ2v) is 3.95. The summed E-state index contributed by atoms with van der Waals surface area (Å²) in [6, 6.07) is 0. The van der Waals surface area contributed by atoms with Gasteiger partial charge in [-0.1, -0.05) is 11.6 Å². The molecule has 0 bridgehead atoms. The summed E-state index contributed by atoms with van der Waals surface area (Å²) in [7, 11) is 0. The first-order valence-corrected chi connectivity index (χ1v) is 4.98. The van der Waals surface area contributed by atoms with Crippen molar-refractivity contribution >= 4 is 0 Å². The van der Waals surface area contributed by atoms with Crippen LogP contribution in [-0.4, -0.2) is 24.2 Å². The van der Waals surface area contributed by atoms with Crippen molar-refractivity contribution in [3.63, 3.8) is 0 Å². The highest BCUT2D eigenvalue weighted by molar-refractivity contribution is 4.87. The minimum absolute atomic E-state index is 0.0188. The van der Waals surface area contributed by atoms with E-state index in [1.165, 1.54) is 32.1 Å². The number of nitrogens with zero attached hydrogens (tertiary/aromatic N) is 2. The average molecular weight is 168 g/mol. The summed E-state index contributed by atoms with van der Waals surface area (Å²) < 4.78 is 0. The predicted octanol–water partition coefficient (Wildman–Crippen LogP) is 1.97. The Labute approximate surface area is 73.1 Å². The normalized spacial score (nSPS) is 28.3. The minimum Gasteiger partial charge on any atom is -0.279 e. The van der Waals surface area contributed by atoms with E-state index in [1.807, 2.05) is 0 Å². The Morgan fingerprint density at radius 2 is 1.83 bits per heavy atom. The molecule has 1 aliphatic carbocycles. The first kappa shape index (κ1) is 8.17. The van der Waals surface area contributed by atoms with E-state index < -0.39 is 0 Å². The van der Waals surface area contributed by atoms with Crippen LogP contribution in [-0.2, 0) is 0 Å². The van der Waals surface area contributed by atoms with Crippen molar-refractivity contribution < 1.29 is 0 Å². The van der Waals surface area contributed by atoms with Crippen LogP contribution < -0.4 is 0 Å². The quantitative estimate of drug-likeness (QED) is 0.603. The predicted molar refractivity (Wildman–Crippen MR) is 47.7 cm³/mol. The zero-order chi connectivity index (χ0) is 8.39. The molecule has 3 nitrogen and oxygen atoms in total. The fourth-order valence-electron chi connectivity index (χ4n) is 2.03. The molecule has 1 saturated carbocycles. The lowest BCUT2D eigenvalue weighted by Crippen LogP contribution is -2.39. The molecule has 1 atom stereocenters. The largest absolute Gasteiger partial charge is 0.279 e. The Bertz CT molecular complexity index is 162. The molecular weight excluding hydrogens is 152 g/mol. The second kappa shape index (κ2) is 3.52. The Balaban J connectivity index is 1.89. The molecule has 1 saturated heterocycles. The molecule has 0 N–H and O–H groups in total. The van der Waals surface area contributed by atoms with Gasteiger partial charge < -0.3 is 0 Å². The summed E-state index contributed by atoms with van der Waals surface area (Å²) in [6.07, 6.45) is 6.27. The van der Waals surface area contributed by atoms with Gasteiger partial charge >= 0.3 is 0 Å². The molecule has 2 fully saturated rings. The van der Waals surface area contributed by atoms with Gasteiger partial charge in [0.25, 0.3) is 0 Å². The van der Waals surface area contributed by atoms with Crippen molar-refractivity contribution in [2.75, 3.05) is 13.1 Å². The van der Waals surface area contributed by atoms with Crippen molar-refractivity contribution in [3.05, 3.63) is 4.91 Å². The Morgan fingerprint density at radius 1 is 1.17 bits per heavy atom. The van der Waals surface area contributed by atoms with E-state index in [0.717, 1.165) is 13.1 Å². The lowest BCUT2D eigenvalue weighted by molar-refractivity contribution is 0.150. The standard InChI is InChI=1S/C9H16N2O/c12-10-9(8-4-5-8)11-6-2-1-3-7-11/h8-9H,1-7H2. The van der Waals surface area contributed by atoms with Crippen LogP contribution in [0.3, 0.4) is 0 Å². The first-order chi connectivity index (χ1) is 5.92. The van der Waals surface area contributed by atoms with Crippen LogP contribution in [0.2, 0.25) is 0 Å². The zero-order valence-corrected chi connectivity index (χ0v) is 7.41. The van der Waals surface area contributed by atoms with Crippen molar-refractivity contribution in [1.82, 2.24) is 4.90 Å². The van der Waals surface area contributed by atoms with Crippen molar-refractivity contribution in [2.45, 2.75) is 38.3 Å². The third-order valence-electron chi connectivity index (χ3n) is 2.92. The number of rotatable bonds is 3. The first-order valence-electron chi connectivity index (χ1n) is 4.98. The smallest absolute Gasteiger partial charge is 0.147 e. The van der Waals surface area contributed by atoms with Crippen molar-refractivity contribution in [2.24, 2.45) is 11.1 Å². The van der Waals surface area contributed by atoms with E-state index in [4.69, 9.17) is 0 Å². The summed E-state index contributed by atoms with van der Waals surface area (Å²) in [5.74, 6) is 0.598. The summed E-state index contributed by atoms with van der Waals surface area (Å²) >= 11 is 0. The van der Waals surface area contributed by atoms with E-state index in [1.54, 1.807) is 0 Å². The van der Waals surface area contributed by atoms with E-state index in [9.17, 15) is 4.91 Å². The molecule has 0 amide bonds. The maximum atomic E-state index is 10.6. The molecule has 1 heterocycles. The zero-order valence-electron chi connectivity index (χ0n) is 7.41. The van der Waals surface area contributed by atoms with Crippen LogP contribution >= 0.6 is 0 Å². The fraction of sp³-hybridized carbons (Fsp3) is 1.00. The maximum absolute atomic E-state index is 10.6. The van der Waals surface area contributed by atoms with E-state index >= 15 is 0 Å². The third-order valence-corrected chi connectivity index (χ3v) is 2.92. The molecular formula is C9H16N2O. The highest BCUT2D eigenvalue weighted by Gasteiger charge is 2.36. The van der Waals surface area contributed by atoms with Crippen LogP contribution in [0, 0.1) is 10.8 Å². The van der Waals surface area contributed by atoms with Gasteiger partial charge in [-0.2, -0.15) is 0 Å². The Hall–Kier alpha value is -0.440. The highest BCUT2D eigenvalue weighted by atomic mass is 16.3. The molecule has 12 heavy (non-hydrogen) atoms. The molecule has 0 aromatic heterocycles. The van der Waals surface area contributed by atoms with Gasteiger partial charge in [0.1, 0.15) is 6.17 Å². The second-order valence-electron chi connectivity index (χ2n) is 3.95. The molecule has 2 aliphatic rings. The third kappa shape index (κ3) is 1.66. The van der Waals surface area contributed by atoms with Crippen LogP contribution in [0.25, 0.3) is 0 Å². The van der Waals surface area contributed by atoms with E-state index in [0.29, 0.717) is 5.92 Å². The van der Waals surface area contributed by atoms with Crippen molar-refractivity contribution in [1.29, 1.82) is 0 Å². The van der Waals surface area contributed by atoms with Gasteiger partial charge in [-0.25, -0.2) is 0 Å². The number of hydrogen-bond acceptors (Lipinski definition) is 3. The molecule has 68 valence electrons. The molecule has 0 aromatic rings. The number of hydrogen-bond donors (Lipinski definition) is 0. The van der Waals surface area contributed by atoms with Gasteiger partial charge in [0.2, 0.25) is 0 Å². The summed E-state index contributed by atoms with van der Waals surface area (Å²) in [4.78, 5) is 12.9. The van der Waals surface area contributed by atoms with Crippen LogP contribution in [0.4, 0.5) is 0 Å². The van der Waals surface area contributed by atoms with Crippen LogP contribution in [0.15, 0.2) is 5.18 Å². The monoisotopic (exact) mass is 168 g/mol. The van der Waals surface area contributed by atoms with Gasteiger partial charge in [0.15, 0.2) is 0 Å². The SMILES string of the molecule is O=NC(C1CC1)N1CCCCC1. The van der Waals surface area contributed by atoms with Crippen LogP contribution in [0.5, 0.6) is 0 Å². The number of nitroso groups, excluding NO2 is 1. The summed E-state index contributed by atoms with van der Waals surface area (Å²) in [5, 5.41) is 3.25. The highest BCUT2D eigenvalue weighted by Crippen LogP contribution is 2.36. The fourth-order valence-corrected chi connectivity index (χ4v) is 2.03. The summed E-state index contributed by atoms with van der Waals surface area (Å²) in [5.41, 5.74) is 0. The molecule has 1 aliphatic heterocycles.